The molecule has 2 aliphatic heterocycles. The molecule has 2 aromatic rings. The molecule has 1 aromatic carbocycles. The minimum absolute atomic E-state index is 0.0698. The van der Waals surface area contributed by atoms with Gasteiger partial charge in [-0.2, -0.15) is 0 Å². The van der Waals surface area contributed by atoms with Gasteiger partial charge in [0.25, 0.3) is 0 Å². The van der Waals surface area contributed by atoms with Crippen molar-refractivity contribution in [2.75, 3.05) is 37.7 Å². The Kier molecular flexibility index (Phi) is 4.78. The lowest BCUT2D eigenvalue weighted by Gasteiger charge is -2.30. The highest BCUT2D eigenvalue weighted by molar-refractivity contribution is 5.80. The van der Waals surface area contributed by atoms with Crippen molar-refractivity contribution < 1.29 is 9.53 Å². The van der Waals surface area contributed by atoms with Crippen LogP contribution in [0.25, 0.3) is 0 Å². The third-order valence-corrected chi connectivity index (χ3v) is 5.28. The quantitative estimate of drug-likeness (QED) is 0.835. The van der Waals surface area contributed by atoms with Crippen molar-refractivity contribution in [2.24, 2.45) is 5.92 Å². The molecule has 0 saturated carbocycles. The predicted molar refractivity (Wildman–Crippen MR) is 102 cm³/mol. The van der Waals surface area contributed by atoms with Crippen LogP contribution in [-0.4, -0.2) is 48.6 Å². The van der Waals surface area contributed by atoms with Gasteiger partial charge in [0.2, 0.25) is 5.91 Å². The number of carbonyl (C=O) groups excluding carboxylic acids is 1. The molecule has 1 aromatic heterocycles. The lowest BCUT2D eigenvalue weighted by atomic mass is 9.95. The third kappa shape index (κ3) is 3.52. The van der Waals surface area contributed by atoms with E-state index in [1.807, 2.05) is 36.2 Å². The zero-order valence-electron chi connectivity index (χ0n) is 15.2. The number of fused-ring (bicyclic) bond motifs is 1. The van der Waals surface area contributed by atoms with Crippen molar-refractivity contribution in [1.82, 2.24) is 9.88 Å². The molecule has 5 heteroatoms. The summed E-state index contributed by atoms with van der Waals surface area (Å²) in [5, 5.41) is 0. The molecule has 26 heavy (non-hydrogen) atoms. The normalized spacial score (nSPS) is 20.1. The van der Waals surface area contributed by atoms with Gasteiger partial charge in [0, 0.05) is 43.8 Å². The number of aromatic nitrogens is 1. The van der Waals surface area contributed by atoms with Gasteiger partial charge in [-0.15, -0.1) is 0 Å². The minimum atomic E-state index is -0.0698. The minimum Gasteiger partial charge on any atom is -0.492 e. The molecule has 0 radical (unpaired) electrons. The largest absolute Gasteiger partial charge is 0.492 e. The Balaban J connectivity index is 1.40. The van der Waals surface area contributed by atoms with Crippen LogP contribution in [0.15, 0.2) is 42.6 Å². The first-order valence-electron chi connectivity index (χ1n) is 9.38. The number of ether oxygens (including phenoxy) is 1. The van der Waals surface area contributed by atoms with Crippen molar-refractivity contribution in [2.45, 2.75) is 19.8 Å². The molecule has 0 N–H and O–H groups in total. The van der Waals surface area contributed by atoms with Gasteiger partial charge in [-0.05, 0) is 43.5 Å². The fourth-order valence-corrected chi connectivity index (χ4v) is 3.87. The topological polar surface area (TPSA) is 45.7 Å². The maximum atomic E-state index is 13.0. The molecule has 1 unspecified atom stereocenters. The molecule has 1 fully saturated rings. The second-order valence-corrected chi connectivity index (χ2v) is 7.14. The average molecular weight is 351 g/mol. The monoisotopic (exact) mass is 351 g/mol. The molecule has 5 nitrogen and oxygen atoms in total. The highest BCUT2D eigenvalue weighted by atomic mass is 16.5. The molecular formula is C21H25N3O2. The summed E-state index contributed by atoms with van der Waals surface area (Å²) in [5.41, 5.74) is 3.36. The van der Waals surface area contributed by atoms with Gasteiger partial charge >= 0.3 is 0 Å². The Bertz CT molecular complexity index is 792. The Morgan fingerprint density at radius 2 is 2.04 bits per heavy atom. The van der Waals surface area contributed by atoms with Crippen LogP contribution in [0.2, 0.25) is 0 Å². The lowest BCUT2D eigenvalue weighted by molar-refractivity contribution is -0.136. The van der Waals surface area contributed by atoms with Gasteiger partial charge in [0.15, 0.2) is 0 Å². The van der Waals surface area contributed by atoms with Gasteiger partial charge < -0.3 is 14.5 Å². The molecule has 0 spiro atoms. The van der Waals surface area contributed by atoms with E-state index in [9.17, 15) is 4.79 Å². The molecular weight excluding hydrogens is 326 g/mol. The van der Waals surface area contributed by atoms with Gasteiger partial charge in [-0.1, -0.05) is 18.2 Å². The zero-order chi connectivity index (χ0) is 17.9. The molecule has 0 aliphatic carbocycles. The van der Waals surface area contributed by atoms with E-state index in [1.165, 1.54) is 5.69 Å². The van der Waals surface area contributed by atoms with E-state index in [-0.39, 0.29) is 11.8 Å². The van der Waals surface area contributed by atoms with Crippen molar-refractivity contribution in [3.63, 3.8) is 0 Å². The van der Waals surface area contributed by atoms with Crippen molar-refractivity contribution in [3.05, 3.63) is 53.9 Å². The summed E-state index contributed by atoms with van der Waals surface area (Å²) in [5.74, 6) is 1.08. The molecule has 136 valence electrons. The molecule has 2 aliphatic rings. The van der Waals surface area contributed by atoms with E-state index in [0.717, 1.165) is 56.0 Å². The Morgan fingerprint density at radius 1 is 1.15 bits per heavy atom. The summed E-state index contributed by atoms with van der Waals surface area (Å²) in [6.45, 7) is 5.91. The predicted octanol–water partition coefficient (Wildman–Crippen LogP) is 2.68. The van der Waals surface area contributed by atoms with Gasteiger partial charge in [-0.25, -0.2) is 0 Å². The van der Waals surface area contributed by atoms with Crippen molar-refractivity contribution in [3.8, 4) is 5.75 Å². The number of rotatable bonds is 2. The lowest BCUT2D eigenvalue weighted by Crippen LogP contribution is -2.42. The number of hydrogen-bond acceptors (Lipinski definition) is 4. The molecule has 1 amide bonds. The zero-order valence-corrected chi connectivity index (χ0v) is 15.2. The van der Waals surface area contributed by atoms with Crippen LogP contribution in [0.3, 0.4) is 0 Å². The van der Waals surface area contributed by atoms with Crippen molar-refractivity contribution >= 4 is 11.6 Å². The van der Waals surface area contributed by atoms with E-state index in [2.05, 4.69) is 28.1 Å². The van der Waals surface area contributed by atoms with Crippen LogP contribution >= 0.6 is 0 Å². The number of amides is 1. The van der Waals surface area contributed by atoms with E-state index in [0.29, 0.717) is 6.61 Å². The SMILES string of the molecule is Cc1cc(N2CCCN(C(=O)C3COc4ccccc4C3)CC2)ccn1. The molecule has 4 rings (SSSR count). The first kappa shape index (κ1) is 16.9. The van der Waals surface area contributed by atoms with E-state index >= 15 is 0 Å². The smallest absolute Gasteiger partial charge is 0.229 e. The third-order valence-electron chi connectivity index (χ3n) is 5.28. The van der Waals surface area contributed by atoms with Crippen molar-refractivity contribution in [1.29, 1.82) is 0 Å². The fraction of sp³-hybridized carbons (Fsp3) is 0.429. The number of nitrogens with zero attached hydrogens (tertiary/aromatic N) is 3. The molecule has 1 atom stereocenters. The average Bonchev–Trinajstić information content (AvgIpc) is 2.93. The van der Waals surface area contributed by atoms with E-state index in [4.69, 9.17) is 4.74 Å². The summed E-state index contributed by atoms with van der Waals surface area (Å²) in [7, 11) is 0. The second kappa shape index (κ2) is 7.36. The maximum Gasteiger partial charge on any atom is 0.229 e. The van der Waals surface area contributed by atoms with Crippen LogP contribution in [-0.2, 0) is 11.2 Å². The summed E-state index contributed by atoms with van der Waals surface area (Å²) in [6, 6.07) is 12.2. The number of anilines is 1. The molecule has 3 heterocycles. The number of benzene rings is 1. The van der Waals surface area contributed by atoms with E-state index < -0.39 is 0 Å². The first-order chi connectivity index (χ1) is 12.7. The summed E-state index contributed by atoms with van der Waals surface area (Å²) >= 11 is 0. The number of hydrogen-bond donors (Lipinski definition) is 0. The summed E-state index contributed by atoms with van der Waals surface area (Å²) < 4.78 is 5.82. The maximum absolute atomic E-state index is 13.0. The first-order valence-corrected chi connectivity index (χ1v) is 9.38. The van der Waals surface area contributed by atoms with Crippen LogP contribution in [0.1, 0.15) is 17.7 Å². The van der Waals surface area contributed by atoms with Gasteiger partial charge in [0.1, 0.15) is 12.4 Å². The Labute approximate surface area is 154 Å². The number of pyridine rings is 1. The number of carbonyl (C=O) groups is 1. The second-order valence-electron chi connectivity index (χ2n) is 7.14. The molecule has 0 bridgehead atoms. The van der Waals surface area contributed by atoms with Gasteiger partial charge in [-0.3, -0.25) is 9.78 Å². The number of aryl methyl sites for hydroxylation is 1. The molecule has 1 saturated heterocycles. The Morgan fingerprint density at radius 3 is 2.92 bits per heavy atom. The van der Waals surface area contributed by atoms with Crippen LogP contribution < -0.4 is 9.64 Å². The summed E-state index contributed by atoms with van der Waals surface area (Å²) in [4.78, 5) is 21.7. The van der Waals surface area contributed by atoms with Gasteiger partial charge in [0.05, 0.1) is 5.92 Å². The van der Waals surface area contributed by atoms with Crippen LogP contribution in [0.4, 0.5) is 5.69 Å². The highest BCUT2D eigenvalue weighted by Crippen LogP contribution is 2.28. The standard InChI is InChI=1S/C21H25N3O2/c1-16-13-19(7-8-22-16)23-9-4-10-24(12-11-23)21(25)18-14-17-5-2-3-6-20(17)26-15-18/h2-3,5-8,13,18H,4,9-12,14-15H2,1H3. The van der Waals surface area contributed by atoms with E-state index in [1.54, 1.807) is 0 Å². The fourth-order valence-electron chi connectivity index (χ4n) is 3.87. The highest BCUT2D eigenvalue weighted by Gasteiger charge is 2.30. The summed E-state index contributed by atoms with van der Waals surface area (Å²) in [6.07, 6.45) is 3.62. The van der Waals surface area contributed by atoms with Crippen LogP contribution in [0.5, 0.6) is 5.75 Å². The Hall–Kier alpha value is -2.56. The van der Waals surface area contributed by atoms with Crippen LogP contribution in [0, 0.1) is 12.8 Å². The number of para-hydroxylation sites is 1.